The Hall–Kier alpha value is -0.640. The van der Waals surface area contributed by atoms with E-state index >= 15 is 0 Å². The van der Waals surface area contributed by atoms with Crippen molar-refractivity contribution in [1.82, 2.24) is 4.90 Å². The maximum absolute atomic E-state index is 14.1. The van der Waals surface area contributed by atoms with Crippen molar-refractivity contribution in [3.8, 4) is 0 Å². The number of benzene rings is 1. The summed E-state index contributed by atoms with van der Waals surface area (Å²) in [4.78, 5) is 2.33. The molecule has 1 aliphatic rings. The number of hydrogen-bond donors (Lipinski definition) is 1. The van der Waals surface area contributed by atoms with E-state index in [0.717, 1.165) is 31.8 Å². The van der Waals surface area contributed by atoms with Gasteiger partial charge in [0.15, 0.2) is 0 Å². The van der Waals surface area contributed by atoms with Gasteiger partial charge in [0.05, 0.1) is 0 Å². The minimum Gasteiger partial charge on any atom is -0.329 e. The highest BCUT2D eigenvalue weighted by Gasteiger charge is 2.26. The Balaban J connectivity index is 2.15. The maximum Gasteiger partial charge on any atom is 0.128 e. The molecule has 0 spiro atoms. The van der Waals surface area contributed by atoms with Gasteiger partial charge >= 0.3 is 0 Å². The van der Waals surface area contributed by atoms with E-state index in [1.54, 1.807) is 12.1 Å². The lowest BCUT2D eigenvalue weighted by Crippen LogP contribution is -2.35. The van der Waals surface area contributed by atoms with E-state index in [1.807, 2.05) is 0 Å². The molecule has 1 aliphatic heterocycles. The van der Waals surface area contributed by atoms with Crippen molar-refractivity contribution in [3.05, 3.63) is 34.6 Å². The number of likely N-dealkylation sites (tertiary alicyclic amines) is 1. The highest BCUT2D eigenvalue weighted by atomic mass is 35.5. The second kappa shape index (κ2) is 7.57. The van der Waals surface area contributed by atoms with Crippen LogP contribution in [0.4, 0.5) is 4.39 Å². The van der Waals surface area contributed by atoms with E-state index in [4.69, 9.17) is 17.3 Å². The van der Waals surface area contributed by atoms with Gasteiger partial charge in [0.25, 0.3) is 0 Å². The smallest absolute Gasteiger partial charge is 0.128 e. The van der Waals surface area contributed by atoms with E-state index in [-0.39, 0.29) is 11.9 Å². The first-order chi connectivity index (χ1) is 10.0. The summed E-state index contributed by atoms with van der Waals surface area (Å²) in [6.07, 6.45) is 3.57. The van der Waals surface area contributed by atoms with E-state index in [9.17, 15) is 4.39 Å². The lowest BCUT2D eigenvalue weighted by Gasteiger charge is -2.30. The van der Waals surface area contributed by atoms with Crippen LogP contribution < -0.4 is 5.73 Å². The molecule has 2 N–H and O–H groups in total. The van der Waals surface area contributed by atoms with Gasteiger partial charge in [-0.2, -0.15) is 0 Å². The average Bonchev–Trinajstić information content (AvgIpc) is 2.70. The first-order valence-corrected chi connectivity index (χ1v) is 8.29. The van der Waals surface area contributed by atoms with Crippen LogP contribution in [0.15, 0.2) is 18.2 Å². The van der Waals surface area contributed by atoms with Crippen molar-refractivity contribution in [1.29, 1.82) is 0 Å². The van der Waals surface area contributed by atoms with Crippen LogP contribution in [-0.2, 0) is 0 Å². The van der Waals surface area contributed by atoms with Crippen LogP contribution in [0.5, 0.6) is 0 Å². The first kappa shape index (κ1) is 16.7. The Morgan fingerprint density at radius 3 is 2.76 bits per heavy atom. The van der Waals surface area contributed by atoms with Gasteiger partial charge in [-0.25, -0.2) is 4.39 Å². The van der Waals surface area contributed by atoms with Crippen LogP contribution in [0.1, 0.15) is 44.7 Å². The molecule has 1 aromatic carbocycles. The van der Waals surface area contributed by atoms with Crippen molar-refractivity contribution in [3.63, 3.8) is 0 Å². The molecule has 4 heteroatoms. The molecule has 1 fully saturated rings. The van der Waals surface area contributed by atoms with Gasteiger partial charge in [0, 0.05) is 23.2 Å². The predicted octanol–water partition coefficient (Wildman–Crippen LogP) is 4.24. The summed E-state index contributed by atoms with van der Waals surface area (Å²) in [7, 11) is 0. The van der Waals surface area contributed by atoms with Gasteiger partial charge in [-0.05, 0) is 62.4 Å². The molecule has 0 bridgehead atoms. The third kappa shape index (κ3) is 4.18. The summed E-state index contributed by atoms with van der Waals surface area (Å²) in [5.41, 5.74) is 6.58. The molecule has 1 aromatic rings. The zero-order chi connectivity index (χ0) is 15.4. The molecule has 0 aromatic heterocycles. The fourth-order valence-corrected chi connectivity index (χ4v) is 3.55. The van der Waals surface area contributed by atoms with E-state index in [0.29, 0.717) is 23.0 Å². The predicted molar refractivity (Wildman–Crippen MR) is 87.0 cm³/mol. The minimum atomic E-state index is -0.209. The quantitative estimate of drug-likeness (QED) is 0.901. The van der Waals surface area contributed by atoms with E-state index < -0.39 is 0 Å². The van der Waals surface area contributed by atoms with Crippen LogP contribution in [0, 0.1) is 17.7 Å². The largest absolute Gasteiger partial charge is 0.329 e. The average molecular weight is 313 g/mol. The fraction of sp³-hybridized carbons (Fsp3) is 0.647. The third-order valence-electron chi connectivity index (χ3n) is 4.73. The number of rotatable bonds is 4. The Morgan fingerprint density at radius 1 is 1.33 bits per heavy atom. The monoisotopic (exact) mass is 312 g/mol. The maximum atomic E-state index is 14.1. The van der Waals surface area contributed by atoms with Crippen LogP contribution >= 0.6 is 11.6 Å². The molecule has 2 rings (SSSR count). The zero-order valence-electron chi connectivity index (χ0n) is 13.0. The van der Waals surface area contributed by atoms with Crippen molar-refractivity contribution < 1.29 is 4.39 Å². The summed E-state index contributed by atoms with van der Waals surface area (Å²) in [5, 5.41) is 0.569. The van der Waals surface area contributed by atoms with E-state index in [2.05, 4.69) is 18.7 Å². The molecular weight excluding hydrogens is 287 g/mol. The molecule has 0 aliphatic carbocycles. The lowest BCUT2D eigenvalue weighted by atomic mass is 9.89. The van der Waals surface area contributed by atoms with Gasteiger partial charge in [0.2, 0.25) is 0 Å². The van der Waals surface area contributed by atoms with Crippen LogP contribution in [0.25, 0.3) is 0 Å². The second-order valence-electron chi connectivity index (χ2n) is 6.39. The highest BCUT2D eigenvalue weighted by Crippen LogP contribution is 2.31. The summed E-state index contributed by atoms with van der Waals surface area (Å²) < 4.78 is 14.1. The van der Waals surface area contributed by atoms with Gasteiger partial charge in [-0.3, -0.25) is 4.90 Å². The molecule has 118 valence electrons. The Bertz CT molecular complexity index is 464. The van der Waals surface area contributed by atoms with Gasteiger partial charge in [0.1, 0.15) is 5.82 Å². The molecule has 21 heavy (non-hydrogen) atoms. The van der Waals surface area contributed by atoms with Crippen molar-refractivity contribution in [2.24, 2.45) is 17.6 Å². The second-order valence-corrected chi connectivity index (χ2v) is 6.82. The van der Waals surface area contributed by atoms with Gasteiger partial charge in [-0.15, -0.1) is 0 Å². The normalized spacial score (nSPS) is 22.3. The molecule has 0 amide bonds. The standard InChI is InChI=1S/C17H26ClFN2/c1-12(2)13-4-3-8-21(9-7-13)17(11-20)15-10-14(18)5-6-16(15)19/h5-6,10,12-13,17H,3-4,7-9,11,20H2,1-2H3. The van der Waals surface area contributed by atoms with E-state index in [1.165, 1.54) is 12.5 Å². The minimum absolute atomic E-state index is 0.0744. The Morgan fingerprint density at radius 2 is 2.10 bits per heavy atom. The van der Waals surface area contributed by atoms with Crippen LogP contribution in [0.3, 0.4) is 0 Å². The molecule has 2 unspecified atom stereocenters. The summed E-state index contributed by atoms with van der Waals surface area (Å²) in [6, 6.07) is 4.68. The van der Waals surface area contributed by atoms with Gasteiger partial charge in [-0.1, -0.05) is 25.4 Å². The molecule has 0 radical (unpaired) electrons. The first-order valence-electron chi connectivity index (χ1n) is 7.92. The van der Waals surface area contributed by atoms with Crippen LogP contribution in [0.2, 0.25) is 5.02 Å². The summed E-state index contributed by atoms with van der Waals surface area (Å²) in [5.74, 6) is 1.27. The molecule has 1 heterocycles. The number of hydrogen-bond acceptors (Lipinski definition) is 2. The number of halogens is 2. The Labute approximate surface area is 132 Å². The van der Waals surface area contributed by atoms with Gasteiger partial charge < -0.3 is 5.73 Å². The topological polar surface area (TPSA) is 29.3 Å². The molecular formula is C17H26ClFN2. The molecule has 2 nitrogen and oxygen atoms in total. The SMILES string of the molecule is CC(C)C1CCCN(C(CN)c2cc(Cl)ccc2F)CC1. The molecule has 0 saturated carbocycles. The zero-order valence-corrected chi connectivity index (χ0v) is 13.7. The van der Waals surface area contributed by atoms with Crippen LogP contribution in [-0.4, -0.2) is 24.5 Å². The number of nitrogens with zero attached hydrogens (tertiary/aromatic N) is 1. The number of nitrogens with two attached hydrogens (primary N) is 1. The fourth-order valence-electron chi connectivity index (χ4n) is 3.37. The third-order valence-corrected chi connectivity index (χ3v) is 4.97. The summed E-state index contributed by atoms with van der Waals surface area (Å²) in [6.45, 7) is 6.96. The molecule has 2 atom stereocenters. The van der Waals surface area contributed by atoms with Crippen molar-refractivity contribution >= 4 is 11.6 Å². The summed E-state index contributed by atoms with van der Waals surface area (Å²) >= 11 is 6.03. The highest BCUT2D eigenvalue weighted by molar-refractivity contribution is 6.30. The lowest BCUT2D eigenvalue weighted by molar-refractivity contribution is 0.200. The van der Waals surface area contributed by atoms with Crippen molar-refractivity contribution in [2.45, 2.75) is 39.2 Å². The van der Waals surface area contributed by atoms with Crippen molar-refractivity contribution in [2.75, 3.05) is 19.6 Å². The Kier molecular flexibility index (Phi) is 6.03. The molecule has 1 saturated heterocycles.